The van der Waals surface area contributed by atoms with E-state index in [0.29, 0.717) is 5.57 Å². The average Bonchev–Trinajstić information content (AvgIpc) is 3.09. The second kappa shape index (κ2) is 11.9. The fourth-order valence-electron chi connectivity index (χ4n) is 2.75. The lowest BCUT2D eigenvalue weighted by Gasteiger charge is -2.09. The van der Waals surface area contributed by atoms with Crippen molar-refractivity contribution in [1.29, 1.82) is 5.26 Å². The number of nitriles is 1. The number of nitrogens with zero attached hydrogens (tertiary/aromatic N) is 2. The van der Waals surface area contributed by atoms with Gasteiger partial charge >= 0.3 is 0 Å². The van der Waals surface area contributed by atoms with E-state index in [9.17, 15) is 5.26 Å². The first-order valence-electron chi connectivity index (χ1n) is 9.60. The van der Waals surface area contributed by atoms with Crippen LogP contribution >= 0.6 is 27.3 Å². The Hall–Kier alpha value is -1.64. The molecule has 0 atom stereocenters. The summed E-state index contributed by atoms with van der Waals surface area (Å²) in [5.41, 5.74) is 2.47. The molecular weight excluding hydrogens is 420 g/mol. The van der Waals surface area contributed by atoms with Gasteiger partial charge in [0.15, 0.2) is 0 Å². The van der Waals surface area contributed by atoms with Crippen LogP contribution in [0.15, 0.2) is 28.1 Å². The Morgan fingerprint density at radius 1 is 1.22 bits per heavy atom. The Kier molecular flexibility index (Phi) is 9.58. The van der Waals surface area contributed by atoms with Crippen molar-refractivity contribution in [1.82, 2.24) is 4.98 Å². The normalized spacial score (nSPS) is 11.4. The predicted octanol–water partition coefficient (Wildman–Crippen LogP) is 7.41. The third-order valence-corrected chi connectivity index (χ3v) is 5.86. The molecule has 1 aromatic heterocycles. The van der Waals surface area contributed by atoms with E-state index in [2.05, 4.69) is 33.9 Å². The summed E-state index contributed by atoms with van der Waals surface area (Å²) in [7, 11) is 0. The number of aryl methyl sites for hydroxylation is 1. The molecule has 1 heterocycles. The first-order chi connectivity index (χ1) is 13.1. The minimum atomic E-state index is 0.580. The van der Waals surface area contributed by atoms with Gasteiger partial charge in [-0.3, -0.25) is 0 Å². The molecule has 2 rings (SSSR count). The Morgan fingerprint density at radius 3 is 2.59 bits per heavy atom. The Labute approximate surface area is 175 Å². The SMILES string of the molecule is CCCCCCCCCOc1ccc(/C=C(/C#N)c2nc(C)cs2)cc1Br. The van der Waals surface area contributed by atoms with Crippen molar-refractivity contribution >= 4 is 38.9 Å². The van der Waals surface area contributed by atoms with E-state index in [4.69, 9.17) is 4.74 Å². The summed E-state index contributed by atoms with van der Waals surface area (Å²) in [6.45, 7) is 4.92. The molecule has 0 unspecified atom stereocenters. The van der Waals surface area contributed by atoms with Crippen LogP contribution in [-0.4, -0.2) is 11.6 Å². The zero-order valence-electron chi connectivity index (χ0n) is 16.1. The molecule has 5 heteroatoms. The van der Waals surface area contributed by atoms with E-state index in [0.717, 1.165) is 39.5 Å². The number of aromatic nitrogens is 1. The van der Waals surface area contributed by atoms with Crippen LogP contribution in [0, 0.1) is 18.3 Å². The van der Waals surface area contributed by atoms with Crippen LogP contribution in [0.3, 0.4) is 0 Å². The van der Waals surface area contributed by atoms with Gasteiger partial charge in [-0.15, -0.1) is 11.3 Å². The van der Waals surface area contributed by atoms with Gasteiger partial charge in [-0.05, 0) is 53.0 Å². The molecule has 0 bridgehead atoms. The molecule has 3 nitrogen and oxygen atoms in total. The molecule has 0 saturated carbocycles. The monoisotopic (exact) mass is 446 g/mol. The number of hydrogen-bond donors (Lipinski definition) is 0. The van der Waals surface area contributed by atoms with Crippen LogP contribution in [0.1, 0.15) is 68.1 Å². The molecular formula is C22H27BrN2OS. The van der Waals surface area contributed by atoms with Gasteiger partial charge in [-0.1, -0.05) is 51.5 Å². The minimum Gasteiger partial charge on any atom is -0.492 e. The maximum atomic E-state index is 9.42. The maximum Gasteiger partial charge on any atom is 0.134 e. The highest BCUT2D eigenvalue weighted by atomic mass is 79.9. The Bertz CT molecular complexity index is 792. The Morgan fingerprint density at radius 2 is 1.96 bits per heavy atom. The van der Waals surface area contributed by atoms with Crippen molar-refractivity contribution < 1.29 is 4.74 Å². The number of rotatable bonds is 11. The molecule has 0 aliphatic rings. The zero-order chi connectivity index (χ0) is 19.5. The van der Waals surface area contributed by atoms with E-state index in [-0.39, 0.29) is 0 Å². The number of unbranched alkanes of at least 4 members (excludes halogenated alkanes) is 6. The minimum absolute atomic E-state index is 0.580. The van der Waals surface area contributed by atoms with Gasteiger partial charge in [0.1, 0.15) is 16.8 Å². The lowest BCUT2D eigenvalue weighted by Crippen LogP contribution is -1.98. The summed E-state index contributed by atoms with van der Waals surface area (Å²) in [5, 5.41) is 12.1. The first-order valence-corrected chi connectivity index (χ1v) is 11.3. The first kappa shape index (κ1) is 21.7. The summed E-state index contributed by atoms with van der Waals surface area (Å²) in [6, 6.07) is 8.16. The van der Waals surface area contributed by atoms with Gasteiger partial charge < -0.3 is 4.74 Å². The van der Waals surface area contributed by atoms with Gasteiger partial charge in [-0.25, -0.2) is 4.98 Å². The number of benzene rings is 1. The molecule has 0 amide bonds. The third-order valence-electron chi connectivity index (χ3n) is 4.24. The van der Waals surface area contributed by atoms with E-state index in [1.54, 1.807) is 0 Å². The second-order valence-corrected chi connectivity index (χ2v) is 8.34. The van der Waals surface area contributed by atoms with Crippen LogP contribution in [0.4, 0.5) is 0 Å². The van der Waals surface area contributed by atoms with Crippen LogP contribution in [0.25, 0.3) is 11.6 Å². The maximum absolute atomic E-state index is 9.42. The molecule has 0 saturated heterocycles. The fraction of sp³-hybridized carbons (Fsp3) is 0.455. The highest BCUT2D eigenvalue weighted by Gasteiger charge is 2.07. The van der Waals surface area contributed by atoms with E-state index in [1.165, 1.54) is 49.9 Å². The molecule has 0 radical (unpaired) electrons. The van der Waals surface area contributed by atoms with E-state index < -0.39 is 0 Å². The summed E-state index contributed by atoms with van der Waals surface area (Å²) in [4.78, 5) is 4.39. The van der Waals surface area contributed by atoms with Gasteiger partial charge in [0.05, 0.1) is 16.7 Å². The van der Waals surface area contributed by atoms with Crippen molar-refractivity contribution in [2.45, 2.75) is 58.8 Å². The van der Waals surface area contributed by atoms with Crippen molar-refractivity contribution in [3.8, 4) is 11.8 Å². The fourth-order valence-corrected chi connectivity index (χ4v) is 4.03. The van der Waals surface area contributed by atoms with Crippen LogP contribution in [0.5, 0.6) is 5.75 Å². The number of hydrogen-bond acceptors (Lipinski definition) is 4. The van der Waals surface area contributed by atoms with Crippen molar-refractivity contribution in [2.24, 2.45) is 0 Å². The largest absolute Gasteiger partial charge is 0.492 e. The summed E-state index contributed by atoms with van der Waals surface area (Å²) in [6.07, 6.45) is 10.8. The molecule has 0 aliphatic heterocycles. The van der Waals surface area contributed by atoms with E-state index in [1.807, 2.05) is 36.6 Å². The molecule has 0 fully saturated rings. The smallest absolute Gasteiger partial charge is 0.134 e. The average molecular weight is 447 g/mol. The van der Waals surface area contributed by atoms with Gasteiger partial charge in [0, 0.05) is 11.1 Å². The number of halogens is 1. The number of ether oxygens (including phenoxy) is 1. The highest BCUT2D eigenvalue weighted by Crippen LogP contribution is 2.29. The van der Waals surface area contributed by atoms with Crippen molar-refractivity contribution in [2.75, 3.05) is 6.61 Å². The lowest BCUT2D eigenvalue weighted by atomic mass is 10.1. The van der Waals surface area contributed by atoms with Crippen molar-refractivity contribution in [3.63, 3.8) is 0 Å². The molecule has 1 aromatic carbocycles. The standard InChI is InChI=1S/C22H27BrN2OS/c1-3-4-5-6-7-8-9-12-26-21-11-10-18(14-20(21)23)13-19(15-24)22-25-17(2)16-27-22/h10-11,13-14,16H,3-9,12H2,1-2H3/b19-13-. The summed E-state index contributed by atoms with van der Waals surface area (Å²) < 4.78 is 6.80. The van der Waals surface area contributed by atoms with Crippen molar-refractivity contribution in [3.05, 3.63) is 44.3 Å². The third kappa shape index (κ3) is 7.48. The van der Waals surface area contributed by atoms with Crippen LogP contribution < -0.4 is 4.74 Å². The van der Waals surface area contributed by atoms with Crippen LogP contribution in [-0.2, 0) is 0 Å². The number of allylic oxidation sites excluding steroid dienone is 1. The summed E-state index contributed by atoms with van der Waals surface area (Å²) in [5.74, 6) is 0.849. The zero-order valence-corrected chi connectivity index (χ0v) is 18.5. The second-order valence-electron chi connectivity index (χ2n) is 6.62. The molecule has 144 valence electrons. The molecule has 27 heavy (non-hydrogen) atoms. The summed E-state index contributed by atoms with van der Waals surface area (Å²) >= 11 is 5.07. The van der Waals surface area contributed by atoms with Gasteiger partial charge in [0.25, 0.3) is 0 Å². The molecule has 0 N–H and O–H groups in total. The topological polar surface area (TPSA) is 45.9 Å². The number of thiazole rings is 1. The van der Waals surface area contributed by atoms with Gasteiger partial charge in [-0.2, -0.15) is 5.26 Å². The Balaban J connectivity index is 1.86. The van der Waals surface area contributed by atoms with Gasteiger partial charge in [0.2, 0.25) is 0 Å². The quantitative estimate of drug-likeness (QED) is 0.266. The predicted molar refractivity (Wildman–Crippen MR) is 118 cm³/mol. The molecule has 2 aromatic rings. The molecule has 0 aliphatic carbocycles. The van der Waals surface area contributed by atoms with Crippen LogP contribution in [0.2, 0.25) is 0 Å². The van der Waals surface area contributed by atoms with E-state index >= 15 is 0 Å². The lowest BCUT2D eigenvalue weighted by molar-refractivity contribution is 0.302. The highest BCUT2D eigenvalue weighted by molar-refractivity contribution is 9.10. The molecule has 0 spiro atoms.